The van der Waals surface area contributed by atoms with Gasteiger partial charge in [-0.2, -0.15) is 0 Å². The summed E-state index contributed by atoms with van der Waals surface area (Å²) < 4.78 is 33.9. The molecule has 3 heterocycles. The maximum Gasteiger partial charge on any atom is 0.309 e. The fourth-order valence-electron chi connectivity index (χ4n) is 5.08. The Hall–Kier alpha value is -4.32. The number of ether oxygens (including phenoxy) is 1. The highest BCUT2D eigenvalue weighted by Crippen LogP contribution is 2.35. The molecule has 0 aliphatic carbocycles. The summed E-state index contributed by atoms with van der Waals surface area (Å²) >= 11 is 5.80. The monoisotopic (exact) mass is 585 g/mol. The van der Waals surface area contributed by atoms with Crippen LogP contribution in [-0.4, -0.2) is 58.8 Å². The number of rotatable bonds is 4. The van der Waals surface area contributed by atoms with E-state index < -0.39 is 54.2 Å². The highest BCUT2D eigenvalue weighted by atomic mass is 35.5. The molecule has 3 amide bonds. The maximum absolute atomic E-state index is 14.7. The van der Waals surface area contributed by atoms with E-state index in [0.29, 0.717) is 47.6 Å². The fourth-order valence-corrected chi connectivity index (χ4v) is 5.24. The van der Waals surface area contributed by atoms with Gasteiger partial charge in [-0.15, -0.1) is 0 Å². The third-order valence-electron chi connectivity index (χ3n) is 7.15. The first-order valence-electron chi connectivity index (χ1n) is 12.9. The lowest BCUT2D eigenvalue weighted by molar-refractivity contribution is -0.141. The van der Waals surface area contributed by atoms with Gasteiger partial charge < -0.3 is 19.9 Å². The Morgan fingerprint density at radius 1 is 1.12 bits per heavy atom. The van der Waals surface area contributed by atoms with Crippen LogP contribution >= 0.6 is 11.6 Å². The Morgan fingerprint density at radius 3 is 2.71 bits per heavy atom. The standard InChI is InChI=1S/C28H26ClF2N5O5/c1-41-25(40)11-15-6-7-16-19(10-15)33-22(37)5-3-2-4-21(28-32-12-20(16)34-28)35-13-24(39)36(14-23(35)38)27-18(30)9-8-17(29)26(27)31/h6-10,12,21H,2-5,11,13-14H2,1H3,(H,32,34)(H,33,37)/t21-/m0/s1. The quantitative estimate of drug-likeness (QED) is 0.350. The minimum atomic E-state index is -1.12. The largest absolute Gasteiger partial charge is 0.469 e. The summed E-state index contributed by atoms with van der Waals surface area (Å²) in [6.45, 7) is -1.01. The number of aromatic amines is 1. The molecular weight excluding hydrogens is 560 g/mol. The first-order valence-corrected chi connectivity index (χ1v) is 13.3. The summed E-state index contributed by atoms with van der Waals surface area (Å²) in [6, 6.07) is 6.50. The smallest absolute Gasteiger partial charge is 0.309 e. The lowest BCUT2D eigenvalue weighted by Crippen LogP contribution is -2.55. The number of H-pyrrole nitrogens is 1. The molecule has 0 saturated carbocycles. The molecular formula is C28H26ClF2N5O5. The lowest BCUT2D eigenvalue weighted by Gasteiger charge is -2.38. The van der Waals surface area contributed by atoms with E-state index in [4.69, 9.17) is 16.3 Å². The number of methoxy groups -OCH3 is 1. The van der Waals surface area contributed by atoms with E-state index in [1.165, 1.54) is 12.0 Å². The van der Waals surface area contributed by atoms with Crippen LogP contribution in [0.1, 0.15) is 43.1 Å². The van der Waals surface area contributed by atoms with Crippen molar-refractivity contribution in [1.29, 1.82) is 0 Å². The van der Waals surface area contributed by atoms with Crippen LogP contribution in [0.2, 0.25) is 5.02 Å². The van der Waals surface area contributed by atoms with Crippen LogP contribution in [0.25, 0.3) is 11.3 Å². The van der Waals surface area contributed by atoms with Crippen molar-refractivity contribution in [3.05, 3.63) is 64.6 Å². The van der Waals surface area contributed by atoms with Crippen LogP contribution in [0, 0.1) is 11.6 Å². The zero-order valence-corrected chi connectivity index (χ0v) is 22.8. The number of hydrogen-bond donors (Lipinski definition) is 2. The van der Waals surface area contributed by atoms with Crippen molar-refractivity contribution in [3.63, 3.8) is 0 Å². The molecule has 2 bridgehead atoms. The van der Waals surface area contributed by atoms with E-state index >= 15 is 0 Å². The van der Waals surface area contributed by atoms with E-state index in [1.807, 2.05) is 0 Å². The Kier molecular flexibility index (Phi) is 8.02. The van der Waals surface area contributed by atoms with Gasteiger partial charge in [0.25, 0.3) is 0 Å². The number of piperazine rings is 1. The van der Waals surface area contributed by atoms with Crippen LogP contribution in [0.4, 0.5) is 20.2 Å². The first kappa shape index (κ1) is 28.2. The lowest BCUT2D eigenvalue weighted by atomic mass is 10.0. The zero-order valence-electron chi connectivity index (χ0n) is 22.0. The number of amides is 3. The molecule has 1 aromatic heterocycles. The average molecular weight is 586 g/mol. The van der Waals surface area contributed by atoms with Gasteiger partial charge in [-0.05, 0) is 36.6 Å². The molecule has 5 rings (SSSR count). The van der Waals surface area contributed by atoms with Gasteiger partial charge in [-0.1, -0.05) is 30.2 Å². The molecule has 2 N–H and O–H groups in total. The predicted molar refractivity (Wildman–Crippen MR) is 145 cm³/mol. The number of anilines is 2. The van der Waals surface area contributed by atoms with Crippen LogP contribution in [0.3, 0.4) is 0 Å². The summed E-state index contributed by atoms with van der Waals surface area (Å²) in [5.41, 5.74) is 1.63. The molecule has 41 heavy (non-hydrogen) atoms. The molecule has 1 saturated heterocycles. The fraction of sp³-hybridized carbons (Fsp3) is 0.321. The second-order valence-corrected chi connectivity index (χ2v) is 10.2. The molecule has 2 aromatic carbocycles. The molecule has 10 nitrogen and oxygen atoms in total. The number of esters is 1. The molecule has 13 heteroatoms. The van der Waals surface area contributed by atoms with Crippen LogP contribution in [-0.2, 0) is 30.3 Å². The van der Waals surface area contributed by atoms with E-state index in [-0.39, 0.29) is 23.8 Å². The van der Waals surface area contributed by atoms with Gasteiger partial charge in [0, 0.05) is 12.0 Å². The summed E-state index contributed by atoms with van der Waals surface area (Å²) in [7, 11) is 1.30. The molecule has 0 unspecified atom stereocenters. The van der Waals surface area contributed by atoms with Crippen molar-refractivity contribution in [1.82, 2.24) is 14.9 Å². The molecule has 2 aliphatic rings. The van der Waals surface area contributed by atoms with Crippen molar-refractivity contribution in [2.24, 2.45) is 0 Å². The number of nitrogens with one attached hydrogen (secondary N) is 2. The van der Waals surface area contributed by atoms with Gasteiger partial charge in [-0.3, -0.25) is 24.1 Å². The van der Waals surface area contributed by atoms with Crippen molar-refractivity contribution in [3.8, 4) is 11.3 Å². The Labute approximate surface area is 238 Å². The van der Waals surface area contributed by atoms with Gasteiger partial charge in [0.15, 0.2) is 5.82 Å². The van der Waals surface area contributed by atoms with Crippen LogP contribution < -0.4 is 10.2 Å². The second-order valence-electron chi connectivity index (χ2n) is 9.82. The number of halogens is 3. The minimum absolute atomic E-state index is 0.0288. The number of imidazole rings is 1. The number of carbonyl (C=O) groups excluding carboxylic acids is 4. The highest BCUT2D eigenvalue weighted by molar-refractivity contribution is 6.31. The normalized spacial score (nSPS) is 17.9. The van der Waals surface area contributed by atoms with Gasteiger partial charge in [0.1, 0.15) is 30.4 Å². The van der Waals surface area contributed by atoms with Crippen molar-refractivity contribution >= 4 is 46.7 Å². The molecule has 214 valence electrons. The summed E-state index contributed by atoms with van der Waals surface area (Å²) in [5.74, 6) is -3.54. The van der Waals surface area contributed by atoms with Crippen LogP contribution in [0.15, 0.2) is 36.5 Å². The van der Waals surface area contributed by atoms with Crippen molar-refractivity contribution in [2.75, 3.05) is 30.4 Å². The van der Waals surface area contributed by atoms with E-state index in [0.717, 1.165) is 17.0 Å². The summed E-state index contributed by atoms with van der Waals surface area (Å²) in [6.07, 6.45) is 3.21. The van der Waals surface area contributed by atoms with Gasteiger partial charge in [0.2, 0.25) is 17.7 Å². The number of benzene rings is 2. The number of carbonyl (C=O) groups is 4. The summed E-state index contributed by atoms with van der Waals surface area (Å²) in [5, 5.41) is 2.54. The molecule has 0 radical (unpaired) electrons. The van der Waals surface area contributed by atoms with Gasteiger partial charge in [0.05, 0.1) is 42.2 Å². The molecule has 0 spiro atoms. The third kappa shape index (κ3) is 5.78. The Balaban J connectivity index is 1.46. The van der Waals surface area contributed by atoms with E-state index in [1.54, 1.807) is 24.4 Å². The third-order valence-corrected chi connectivity index (χ3v) is 7.45. The predicted octanol–water partition coefficient (Wildman–Crippen LogP) is 4.15. The maximum atomic E-state index is 14.7. The van der Waals surface area contributed by atoms with Gasteiger partial charge in [-0.25, -0.2) is 13.8 Å². The minimum Gasteiger partial charge on any atom is -0.469 e. The number of fused-ring (bicyclic) bond motifs is 4. The SMILES string of the molecule is COC(=O)Cc1ccc2c(c1)NC(=O)CCCC[C@H](N1CC(=O)N(c3c(F)ccc(Cl)c3F)CC1=O)c1ncc-2[nH]1. The molecule has 1 atom stereocenters. The van der Waals surface area contributed by atoms with E-state index in [9.17, 15) is 28.0 Å². The van der Waals surface area contributed by atoms with Gasteiger partial charge >= 0.3 is 5.97 Å². The van der Waals surface area contributed by atoms with Crippen molar-refractivity contribution in [2.45, 2.75) is 38.1 Å². The zero-order chi connectivity index (χ0) is 29.3. The van der Waals surface area contributed by atoms with Crippen LogP contribution in [0.5, 0.6) is 0 Å². The topological polar surface area (TPSA) is 125 Å². The number of hydrogen-bond acceptors (Lipinski definition) is 6. The Bertz CT molecular complexity index is 1540. The molecule has 2 aliphatic heterocycles. The first-order chi connectivity index (χ1) is 19.7. The number of nitrogens with zero attached hydrogens (tertiary/aromatic N) is 3. The number of aromatic nitrogens is 2. The highest BCUT2D eigenvalue weighted by Gasteiger charge is 2.38. The summed E-state index contributed by atoms with van der Waals surface area (Å²) in [4.78, 5) is 60.8. The molecule has 3 aromatic rings. The second kappa shape index (κ2) is 11.7. The van der Waals surface area contributed by atoms with E-state index in [2.05, 4.69) is 15.3 Å². The molecule has 1 fully saturated rings. The average Bonchev–Trinajstić information content (AvgIpc) is 3.42. The Morgan fingerprint density at radius 2 is 1.93 bits per heavy atom. The van der Waals surface area contributed by atoms with Crippen molar-refractivity contribution < 1.29 is 32.7 Å².